The molecule has 2 aromatic heterocycles. The Morgan fingerprint density at radius 2 is 1.94 bits per heavy atom. The number of benzene rings is 2. The van der Waals surface area contributed by atoms with Crippen molar-refractivity contribution < 1.29 is 22.7 Å². The van der Waals surface area contributed by atoms with E-state index in [2.05, 4.69) is 30.2 Å². The van der Waals surface area contributed by atoms with Crippen LogP contribution in [0.2, 0.25) is 10.0 Å². The molecule has 4 aromatic rings. The third-order valence-corrected chi connectivity index (χ3v) is 4.95. The predicted molar refractivity (Wildman–Crippen MR) is 113 cm³/mol. The molecule has 0 aliphatic rings. The molecule has 0 aliphatic heterocycles. The number of nitrogens with zero attached hydrogens (tertiary/aromatic N) is 3. The molecule has 2 aromatic carbocycles. The Morgan fingerprint density at radius 1 is 1.16 bits per heavy atom. The fraction of sp³-hybridized carbons (Fsp3) is 0.100. The highest BCUT2D eigenvalue weighted by atomic mass is 35.5. The van der Waals surface area contributed by atoms with Gasteiger partial charge in [0.2, 0.25) is 0 Å². The lowest BCUT2D eigenvalue weighted by atomic mass is 10.1. The van der Waals surface area contributed by atoms with Crippen molar-refractivity contribution in [3.8, 4) is 17.1 Å². The van der Waals surface area contributed by atoms with Gasteiger partial charge in [-0.1, -0.05) is 23.2 Å². The predicted octanol–water partition coefficient (Wildman–Crippen LogP) is 5.79. The molecule has 7 nitrogen and oxygen atoms in total. The van der Waals surface area contributed by atoms with Crippen molar-refractivity contribution in [3.05, 3.63) is 63.9 Å². The van der Waals surface area contributed by atoms with Gasteiger partial charge in [-0.15, -0.1) is 13.2 Å². The van der Waals surface area contributed by atoms with E-state index in [-0.39, 0.29) is 32.7 Å². The minimum atomic E-state index is -5.00. The van der Waals surface area contributed by atoms with Gasteiger partial charge < -0.3 is 10.1 Å². The maximum atomic E-state index is 13.0. The Balaban J connectivity index is 1.72. The molecule has 0 atom stereocenters. The van der Waals surface area contributed by atoms with Crippen LogP contribution in [0.1, 0.15) is 16.1 Å². The number of ether oxygens (including phenoxy) is 1. The zero-order valence-corrected chi connectivity index (χ0v) is 17.6. The molecule has 0 radical (unpaired) electrons. The average molecular weight is 482 g/mol. The second-order valence-corrected chi connectivity index (χ2v) is 7.46. The zero-order chi connectivity index (χ0) is 23.0. The van der Waals surface area contributed by atoms with Crippen LogP contribution in [-0.2, 0) is 0 Å². The van der Waals surface area contributed by atoms with Crippen LogP contribution in [0.4, 0.5) is 18.9 Å². The third-order valence-electron chi connectivity index (χ3n) is 4.39. The van der Waals surface area contributed by atoms with Crippen molar-refractivity contribution in [2.75, 3.05) is 5.32 Å². The molecule has 12 heteroatoms. The summed E-state index contributed by atoms with van der Waals surface area (Å²) in [5.74, 6) is -1.28. The molecule has 164 valence electrons. The Bertz CT molecular complexity index is 1340. The summed E-state index contributed by atoms with van der Waals surface area (Å²) in [7, 11) is 0. The van der Waals surface area contributed by atoms with Crippen molar-refractivity contribution in [1.29, 1.82) is 0 Å². The number of H-pyrrole nitrogens is 1. The number of rotatable bonds is 4. The Hall–Kier alpha value is -3.37. The number of fused-ring (bicyclic) bond motifs is 1. The largest absolute Gasteiger partial charge is 0.573 e. The van der Waals surface area contributed by atoms with Gasteiger partial charge in [0.15, 0.2) is 17.2 Å². The molecule has 0 saturated carbocycles. The fourth-order valence-corrected chi connectivity index (χ4v) is 3.27. The van der Waals surface area contributed by atoms with Gasteiger partial charge in [0.05, 0.1) is 21.7 Å². The molecule has 32 heavy (non-hydrogen) atoms. The van der Waals surface area contributed by atoms with Crippen molar-refractivity contribution in [3.63, 3.8) is 0 Å². The zero-order valence-electron chi connectivity index (χ0n) is 16.1. The number of aryl methyl sites for hydroxylation is 1. The Morgan fingerprint density at radius 3 is 2.69 bits per heavy atom. The highest BCUT2D eigenvalue weighted by Crippen LogP contribution is 2.35. The van der Waals surface area contributed by atoms with Crippen LogP contribution in [0.5, 0.6) is 5.75 Å². The molecule has 0 saturated heterocycles. The van der Waals surface area contributed by atoms with Crippen LogP contribution in [-0.4, -0.2) is 32.4 Å². The number of hydrogen-bond donors (Lipinski definition) is 2. The monoisotopic (exact) mass is 481 g/mol. The summed E-state index contributed by atoms with van der Waals surface area (Å²) in [6, 6.07) is 7.94. The fourth-order valence-electron chi connectivity index (χ4n) is 2.89. The van der Waals surface area contributed by atoms with Gasteiger partial charge in [-0.25, -0.2) is 9.97 Å². The number of anilines is 1. The number of hydrogen-bond acceptors (Lipinski definition) is 5. The van der Waals surface area contributed by atoms with Gasteiger partial charge in [-0.3, -0.25) is 9.89 Å². The van der Waals surface area contributed by atoms with Crippen molar-refractivity contribution in [1.82, 2.24) is 20.2 Å². The summed E-state index contributed by atoms with van der Waals surface area (Å²) < 4.78 is 43.2. The Labute approximate surface area is 188 Å². The summed E-state index contributed by atoms with van der Waals surface area (Å²) >= 11 is 11.9. The molecule has 4 rings (SSSR count). The number of aromatic amines is 1. The van der Waals surface area contributed by atoms with Crippen LogP contribution >= 0.6 is 23.2 Å². The van der Waals surface area contributed by atoms with Crippen LogP contribution in [0.25, 0.3) is 22.4 Å². The second kappa shape index (κ2) is 8.29. The van der Waals surface area contributed by atoms with E-state index in [0.29, 0.717) is 11.0 Å². The number of nitrogens with one attached hydrogen (secondary N) is 2. The highest BCUT2D eigenvalue weighted by molar-refractivity contribution is 6.36. The molecular weight excluding hydrogens is 470 g/mol. The van der Waals surface area contributed by atoms with E-state index < -0.39 is 18.0 Å². The molecule has 2 N–H and O–H groups in total. The molecule has 0 fully saturated rings. The highest BCUT2D eigenvalue weighted by Gasteiger charge is 2.33. The first-order valence-corrected chi connectivity index (χ1v) is 9.70. The smallest absolute Gasteiger partial charge is 0.404 e. The van der Waals surface area contributed by atoms with E-state index in [1.54, 1.807) is 6.92 Å². The average Bonchev–Trinajstić information content (AvgIpc) is 3.10. The second-order valence-electron chi connectivity index (χ2n) is 6.62. The van der Waals surface area contributed by atoms with Gasteiger partial charge in [-0.05, 0) is 43.3 Å². The van der Waals surface area contributed by atoms with Gasteiger partial charge in [0.25, 0.3) is 5.91 Å². The summed E-state index contributed by atoms with van der Waals surface area (Å²) in [5.41, 5.74) is 1.10. The summed E-state index contributed by atoms with van der Waals surface area (Å²) in [5, 5.41) is 10.2. The lowest BCUT2D eigenvalue weighted by Gasteiger charge is -2.15. The number of alkyl halides is 3. The molecule has 2 heterocycles. The van der Waals surface area contributed by atoms with Gasteiger partial charge >= 0.3 is 6.36 Å². The topological polar surface area (TPSA) is 92.8 Å². The minimum absolute atomic E-state index is 0.0103. The van der Waals surface area contributed by atoms with Gasteiger partial charge in [0, 0.05) is 22.5 Å². The molecule has 0 unspecified atom stereocenters. The molecule has 1 amide bonds. The molecular formula is C20H12Cl2F3N5O2. The van der Waals surface area contributed by atoms with Gasteiger partial charge in [-0.2, -0.15) is 5.10 Å². The number of aromatic nitrogens is 4. The number of carbonyl (C=O) groups is 1. The van der Waals surface area contributed by atoms with Crippen molar-refractivity contribution in [2.24, 2.45) is 0 Å². The quantitative estimate of drug-likeness (QED) is 0.385. The first kappa shape index (κ1) is 21.8. The van der Waals surface area contributed by atoms with E-state index in [1.807, 2.05) is 0 Å². The number of carbonyl (C=O) groups excluding carboxylic acids is 1. The molecule has 0 bridgehead atoms. The lowest BCUT2D eigenvalue weighted by molar-refractivity contribution is -0.274. The van der Waals surface area contributed by atoms with E-state index in [9.17, 15) is 18.0 Å². The first-order chi connectivity index (χ1) is 15.1. The summed E-state index contributed by atoms with van der Waals surface area (Å²) in [6.07, 6.45) is -3.49. The SMILES string of the molecule is Cc1[nH]nc2nc(-c3ccc(NC(=O)c4cc(Cl)ccc4Cl)c(OC(F)(F)F)c3)ncc12. The van der Waals surface area contributed by atoms with Crippen molar-refractivity contribution in [2.45, 2.75) is 13.3 Å². The van der Waals surface area contributed by atoms with E-state index in [1.165, 1.54) is 36.5 Å². The maximum absolute atomic E-state index is 13.0. The molecule has 0 spiro atoms. The maximum Gasteiger partial charge on any atom is 0.573 e. The standard InChI is InChI=1S/C20H12Cl2F3N5O2/c1-9-13-8-26-17(28-18(13)30-29-9)10-2-5-15(16(6-10)32-20(23,24)25)27-19(31)12-7-11(21)3-4-14(12)22/h2-8H,1H3,(H,27,31)(H,26,28,29,30). The minimum Gasteiger partial charge on any atom is -0.404 e. The number of halogens is 5. The summed E-state index contributed by atoms with van der Waals surface area (Å²) in [6.45, 7) is 1.79. The van der Waals surface area contributed by atoms with E-state index in [0.717, 1.165) is 11.8 Å². The van der Waals surface area contributed by atoms with Crippen LogP contribution in [0.15, 0.2) is 42.6 Å². The lowest BCUT2D eigenvalue weighted by Crippen LogP contribution is -2.20. The molecule has 0 aliphatic carbocycles. The van der Waals surface area contributed by atoms with Crippen LogP contribution in [0.3, 0.4) is 0 Å². The Kier molecular flexibility index (Phi) is 5.66. The third kappa shape index (κ3) is 4.61. The van der Waals surface area contributed by atoms with Gasteiger partial charge in [0.1, 0.15) is 0 Å². The van der Waals surface area contributed by atoms with E-state index in [4.69, 9.17) is 23.2 Å². The van der Waals surface area contributed by atoms with E-state index >= 15 is 0 Å². The number of amides is 1. The van der Waals surface area contributed by atoms with Crippen LogP contribution in [0, 0.1) is 6.92 Å². The summed E-state index contributed by atoms with van der Waals surface area (Å²) in [4.78, 5) is 21.0. The van der Waals surface area contributed by atoms with Crippen molar-refractivity contribution >= 4 is 45.8 Å². The normalized spacial score (nSPS) is 11.6. The van der Waals surface area contributed by atoms with Crippen LogP contribution < -0.4 is 10.1 Å². The first-order valence-electron chi connectivity index (χ1n) is 8.95.